The highest BCUT2D eigenvalue weighted by atomic mass is 16.2. The maximum atomic E-state index is 14.7. The average molecular weight is 582 g/mol. The molecule has 3 heterocycles. The summed E-state index contributed by atoms with van der Waals surface area (Å²) in [7, 11) is 0. The Morgan fingerprint density at radius 1 is 0.489 bits per heavy atom. The fourth-order valence-electron chi connectivity index (χ4n) is 9.01. The molecule has 11 aromatic rings. The fraction of sp³-hybridized carbons (Fsp3) is 0.150. The topological polar surface area (TPSA) is 70.7 Å². The molecule has 11 rings (SSSR count). The number of fused-ring (bicyclic) bond motifs is 13. The van der Waals surface area contributed by atoms with Crippen LogP contribution in [0.5, 0.6) is 0 Å². The number of unbranched alkanes of at least 4 members (excludes halogenated alkanes) is 3. The van der Waals surface area contributed by atoms with Gasteiger partial charge in [-0.3, -0.25) is 14.2 Å². The molecule has 5 nitrogen and oxygen atoms in total. The van der Waals surface area contributed by atoms with E-state index in [4.69, 9.17) is 0 Å². The lowest BCUT2D eigenvalue weighted by atomic mass is 9.91. The minimum absolute atomic E-state index is 0.166. The number of aromatic amines is 2. The van der Waals surface area contributed by atoms with Crippen molar-refractivity contribution < 1.29 is 0 Å². The molecule has 2 N–H and O–H groups in total. The number of benzene rings is 7. The van der Waals surface area contributed by atoms with Gasteiger partial charge < -0.3 is 9.97 Å². The maximum Gasteiger partial charge on any atom is 0.262 e. The predicted molar refractivity (Wildman–Crippen MR) is 190 cm³/mol. The van der Waals surface area contributed by atoms with Gasteiger partial charge in [0.05, 0.1) is 21.8 Å². The van der Waals surface area contributed by atoms with Crippen LogP contribution in [0.25, 0.3) is 108 Å². The molecule has 0 aliphatic heterocycles. The maximum absolute atomic E-state index is 14.7. The molecule has 0 saturated heterocycles. The van der Waals surface area contributed by atoms with Crippen LogP contribution in [0.3, 0.4) is 0 Å². The van der Waals surface area contributed by atoms with Crippen molar-refractivity contribution in [1.82, 2.24) is 14.5 Å². The largest absolute Gasteiger partial charge is 0.354 e. The number of para-hydroxylation sites is 2. The molecular weight excluding hydrogens is 554 g/mol. The van der Waals surface area contributed by atoms with E-state index < -0.39 is 0 Å². The van der Waals surface area contributed by atoms with Crippen molar-refractivity contribution in [2.75, 3.05) is 0 Å². The van der Waals surface area contributed by atoms with E-state index in [0.717, 1.165) is 90.8 Å². The van der Waals surface area contributed by atoms with E-state index in [1.165, 1.54) is 36.9 Å². The van der Waals surface area contributed by atoms with Crippen molar-refractivity contribution in [3.63, 3.8) is 0 Å². The molecule has 0 aliphatic carbocycles. The molecule has 0 bridgehead atoms. The molecule has 0 fully saturated rings. The number of hydrogen-bond donors (Lipinski definition) is 2. The van der Waals surface area contributed by atoms with Gasteiger partial charge in [0.1, 0.15) is 0 Å². The van der Waals surface area contributed by atoms with Crippen LogP contribution in [0.1, 0.15) is 32.6 Å². The standard InChI is InChI=1S/C40H27N3O2/c1-2-3-4-9-18-43-39(44)35-33-31-29-22(27-20-10-5-7-12-24(20)41-37(27)33)16-14-19-15-17-23-28-21-11-6-8-13-25(21)42-38(28)34(36(35)40(43)45)32(31)30(23)26(19)29/h5-8,10-17,41-42H,2-4,9,18H2,1H3. The summed E-state index contributed by atoms with van der Waals surface area (Å²) in [5.41, 5.74) is 3.63. The Bertz CT molecular complexity index is 2920. The number of rotatable bonds is 5. The van der Waals surface area contributed by atoms with Gasteiger partial charge in [0.25, 0.3) is 11.1 Å². The van der Waals surface area contributed by atoms with Crippen LogP contribution in [-0.2, 0) is 6.54 Å². The summed E-state index contributed by atoms with van der Waals surface area (Å²) in [6.45, 7) is 2.62. The summed E-state index contributed by atoms with van der Waals surface area (Å²) in [6, 6.07) is 25.8. The van der Waals surface area contributed by atoms with E-state index in [-0.39, 0.29) is 11.1 Å². The first-order valence-electron chi connectivity index (χ1n) is 16.1. The third kappa shape index (κ3) is 2.61. The molecule has 45 heavy (non-hydrogen) atoms. The fourth-order valence-corrected chi connectivity index (χ4v) is 9.01. The molecule has 0 radical (unpaired) electrons. The Hall–Kier alpha value is -5.42. The number of nitrogens with zero attached hydrogens (tertiary/aromatic N) is 1. The van der Waals surface area contributed by atoms with Crippen molar-refractivity contribution in [3.8, 4) is 0 Å². The van der Waals surface area contributed by atoms with Gasteiger partial charge in [-0.2, -0.15) is 0 Å². The third-order valence-corrected chi connectivity index (χ3v) is 10.8. The molecule has 0 aliphatic rings. The van der Waals surface area contributed by atoms with Crippen LogP contribution in [-0.4, -0.2) is 14.5 Å². The smallest absolute Gasteiger partial charge is 0.262 e. The Labute approximate surface area is 255 Å². The summed E-state index contributed by atoms with van der Waals surface area (Å²) >= 11 is 0. The van der Waals surface area contributed by atoms with Crippen molar-refractivity contribution in [2.24, 2.45) is 0 Å². The first-order chi connectivity index (χ1) is 22.2. The number of nitrogens with one attached hydrogen (secondary N) is 2. The predicted octanol–water partition coefficient (Wildman–Crippen LogP) is 9.73. The molecular formula is C40H27N3O2. The summed E-state index contributed by atoms with van der Waals surface area (Å²) in [4.78, 5) is 36.8. The number of hydrogen-bond acceptors (Lipinski definition) is 2. The van der Waals surface area contributed by atoms with Gasteiger partial charge in [0, 0.05) is 60.7 Å². The summed E-state index contributed by atoms with van der Waals surface area (Å²) < 4.78 is 1.53. The van der Waals surface area contributed by atoms with Gasteiger partial charge >= 0.3 is 0 Å². The quantitative estimate of drug-likeness (QED) is 0.157. The lowest BCUT2D eigenvalue weighted by Crippen LogP contribution is -2.25. The van der Waals surface area contributed by atoms with E-state index in [9.17, 15) is 9.59 Å². The molecule has 214 valence electrons. The summed E-state index contributed by atoms with van der Waals surface area (Å²) in [5.74, 6) is 0. The first kappa shape index (κ1) is 24.0. The van der Waals surface area contributed by atoms with E-state index in [1.54, 1.807) is 0 Å². The van der Waals surface area contributed by atoms with Gasteiger partial charge in [0.2, 0.25) is 0 Å². The van der Waals surface area contributed by atoms with E-state index in [2.05, 4.69) is 77.6 Å². The lowest BCUT2D eigenvalue weighted by molar-refractivity contribution is 0.568. The molecule has 0 spiro atoms. The second kappa shape index (κ2) is 7.99. The van der Waals surface area contributed by atoms with Gasteiger partial charge in [-0.15, -0.1) is 0 Å². The molecule has 0 saturated carbocycles. The zero-order valence-electron chi connectivity index (χ0n) is 24.7. The molecule has 5 heteroatoms. The van der Waals surface area contributed by atoms with E-state index in [0.29, 0.717) is 17.3 Å². The van der Waals surface area contributed by atoms with Crippen LogP contribution >= 0.6 is 0 Å². The minimum Gasteiger partial charge on any atom is -0.354 e. The highest BCUT2D eigenvalue weighted by Gasteiger charge is 2.31. The van der Waals surface area contributed by atoms with Crippen molar-refractivity contribution >= 4 is 108 Å². The van der Waals surface area contributed by atoms with Crippen LogP contribution in [0.15, 0.2) is 82.4 Å². The van der Waals surface area contributed by atoms with Crippen LogP contribution < -0.4 is 11.1 Å². The Balaban J connectivity index is 1.51. The Kier molecular flexibility index (Phi) is 4.26. The van der Waals surface area contributed by atoms with E-state index >= 15 is 0 Å². The molecule has 8 aromatic carbocycles. The monoisotopic (exact) mass is 581 g/mol. The Morgan fingerprint density at radius 2 is 1.02 bits per heavy atom. The third-order valence-electron chi connectivity index (χ3n) is 10.8. The number of H-pyrrole nitrogens is 2. The van der Waals surface area contributed by atoms with Crippen LogP contribution in [0, 0.1) is 0 Å². The van der Waals surface area contributed by atoms with Gasteiger partial charge in [-0.25, -0.2) is 0 Å². The normalized spacial score (nSPS) is 13.2. The molecule has 0 unspecified atom stereocenters. The highest BCUT2D eigenvalue weighted by molar-refractivity contribution is 6.56. The van der Waals surface area contributed by atoms with Gasteiger partial charge in [0.15, 0.2) is 0 Å². The lowest BCUT2D eigenvalue weighted by Gasteiger charge is -2.10. The first-order valence-corrected chi connectivity index (χ1v) is 16.1. The van der Waals surface area contributed by atoms with Crippen LogP contribution in [0.4, 0.5) is 0 Å². The van der Waals surface area contributed by atoms with Gasteiger partial charge in [-0.05, 0) is 50.9 Å². The average Bonchev–Trinajstić information content (AvgIpc) is 3.81. The van der Waals surface area contributed by atoms with Crippen molar-refractivity contribution in [2.45, 2.75) is 39.2 Å². The highest BCUT2D eigenvalue weighted by Crippen LogP contribution is 2.55. The molecule has 3 aromatic heterocycles. The van der Waals surface area contributed by atoms with Crippen molar-refractivity contribution in [3.05, 3.63) is 93.5 Å². The zero-order chi connectivity index (χ0) is 29.7. The number of aromatic nitrogens is 3. The molecule has 0 atom stereocenters. The van der Waals surface area contributed by atoms with Crippen LogP contribution in [0.2, 0.25) is 0 Å². The zero-order valence-corrected chi connectivity index (χ0v) is 24.7. The minimum atomic E-state index is -0.166. The van der Waals surface area contributed by atoms with Gasteiger partial charge in [-0.1, -0.05) is 86.8 Å². The SMILES string of the molecule is CCCCCCn1c(=O)c2c(c1=O)c1c3[nH]c4ccccc4c3c3ccc4ccc5c6c7ccccc7[nH]c6c2c2c5c4c3c12. The second-order valence-electron chi connectivity index (χ2n) is 13.0. The summed E-state index contributed by atoms with van der Waals surface area (Å²) in [6.07, 6.45) is 4.01. The Morgan fingerprint density at radius 3 is 1.56 bits per heavy atom. The molecule has 0 amide bonds. The summed E-state index contributed by atoms with van der Waals surface area (Å²) in [5, 5.41) is 16.8. The van der Waals surface area contributed by atoms with E-state index in [1.807, 2.05) is 12.1 Å². The second-order valence-corrected chi connectivity index (χ2v) is 13.0. The van der Waals surface area contributed by atoms with Crippen molar-refractivity contribution in [1.29, 1.82) is 0 Å².